The van der Waals surface area contributed by atoms with Crippen LogP contribution in [0.1, 0.15) is 25.2 Å². The maximum Gasteiger partial charge on any atom is 0.223 e. The second-order valence-corrected chi connectivity index (χ2v) is 4.43. The molecule has 0 aliphatic carbocycles. The van der Waals surface area contributed by atoms with Crippen molar-refractivity contribution >= 4 is 5.95 Å². The van der Waals surface area contributed by atoms with E-state index in [0.29, 0.717) is 5.88 Å². The largest absolute Gasteiger partial charge is 0.475 e. The summed E-state index contributed by atoms with van der Waals surface area (Å²) < 4.78 is 5.55. The number of aromatic nitrogens is 4. The first-order valence-electron chi connectivity index (χ1n) is 5.80. The minimum Gasteiger partial charge on any atom is -0.475 e. The molecule has 0 radical (unpaired) electrons. The molecule has 0 spiro atoms. The molecule has 6 nitrogen and oxygen atoms in total. The molecule has 6 heteroatoms. The molecule has 0 atom stereocenters. The Morgan fingerprint density at radius 3 is 2.56 bits per heavy atom. The van der Waals surface area contributed by atoms with Gasteiger partial charge < -0.3 is 10.5 Å². The summed E-state index contributed by atoms with van der Waals surface area (Å²) in [5.74, 6) is 0.677. The molecule has 2 rings (SSSR count). The number of rotatable bonds is 3. The lowest BCUT2D eigenvalue weighted by atomic mass is 10.1. The molecule has 0 aliphatic heterocycles. The fraction of sp³-hybridized carbons (Fsp3) is 0.417. The highest BCUT2D eigenvalue weighted by molar-refractivity contribution is 5.66. The van der Waals surface area contributed by atoms with Crippen LogP contribution in [0, 0.1) is 13.8 Å². The lowest BCUT2D eigenvalue weighted by molar-refractivity contribution is 0.233. The standard InChI is InChI=1S/C12H17N5O/c1-6(2)18-10-5-9(14-12(13)15-10)11-7(3)16-17-8(11)4/h5-6H,1-4H3,(H,16,17)(H2,13,14,15). The Balaban J connectivity index is 2.48. The average molecular weight is 247 g/mol. The SMILES string of the molecule is Cc1n[nH]c(C)c1-c1cc(OC(C)C)nc(N)n1. The quantitative estimate of drug-likeness (QED) is 0.863. The zero-order chi connectivity index (χ0) is 13.3. The highest BCUT2D eigenvalue weighted by Crippen LogP contribution is 2.26. The molecule has 0 amide bonds. The Morgan fingerprint density at radius 1 is 1.28 bits per heavy atom. The van der Waals surface area contributed by atoms with Gasteiger partial charge in [0.15, 0.2) is 0 Å². The predicted octanol–water partition coefficient (Wildman–Crippen LogP) is 1.85. The lowest BCUT2D eigenvalue weighted by Gasteiger charge is -2.10. The molecule has 0 bridgehead atoms. The fourth-order valence-corrected chi connectivity index (χ4v) is 1.80. The topological polar surface area (TPSA) is 89.7 Å². The van der Waals surface area contributed by atoms with Crippen LogP contribution >= 0.6 is 0 Å². The van der Waals surface area contributed by atoms with E-state index in [4.69, 9.17) is 10.5 Å². The van der Waals surface area contributed by atoms with E-state index in [9.17, 15) is 0 Å². The van der Waals surface area contributed by atoms with E-state index in [1.165, 1.54) is 0 Å². The summed E-state index contributed by atoms with van der Waals surface area (Å²) in [6.07, 6.45) is 0.0405. The van der Waals surface area contributed by atoms with Crippen molar-refractivity contribution in [3.05, 3.63) is 17.5 Å². The molecule has 0 aromatic carbocycles. The summed E-state index contributed by atoms with van der Waals surface area (Å²) in [4.78, 5) is 8.29. The van der Waals surface area contributed by atoms with Crippen LogP contribution in [0.15, 0.2) is 6.07 Å². The van der Waals surface area contributed by atoms with Gasteiger partial charge in [0.2, 0.25) is 11.8 Å². The number of nitrogens with one attached hydrogen (secondary N) is 1. The van der Waals surface area contributed by atoms with Gasteiger partial charge in [0.1, 0.15) is 0 Å². The molecular formula is C12H17N5O. The highest BCUT2D eigenvalue weighted by atomic mass is 16.5. The van der Waals surface area contributed by atoms with Gasteiger partial charge in [-0.1, -0.05) is 0 Å². The number of nitrogens with two attached hydrogens (primary N) is 1. The van der Waals surface area contributed by atoms with Gasteiger partial charge in [0, 0.05) is 17.3 Å². The molecule has 2 aromatic heterocycles. The number of ether oxygens (including phenoxy) is 1. The van der Waals surface area contributed by atoms with Crippen LogP contribution < -0.4 is 10.5 Å². The lowest BCUT2D eigenvalue weighted by Crippen LogP contribution is -2.09. The van der Waals surface area contributed by atoms with E-state index in [-0.39, 0.29) is 12.1 Å². The Bertz CT molecular complexity index is 542. The molecule has 0 saturated carbocycles. The van der Waals surface area contributed by atoms with E-state index in [1.807, 2.05) is 27.7 Å². The van der Waals surface area contributed by atoms with Gasteiger partial charge in [0.25, 0.3) is 0 Å². The van der Waals surface area contributed by atoms with E-state index in [2.05, 4.69) is 20.2 Å². The van der Waals surface area contributed by atoms with Gasteiger partial charge >= 0.3 is 0 Å². The van der Waals surface area contributed by atoms with Crippen molar-refractivity contribution in [2.75, 3.05) is 5.73 Å². The summed E-state index contributed by atoms with van der Waals surface area (Å²) in [6.45, 7) is 7.73. The van der Waals surface area contributed by atoms with E-state index in [1.54, 1.807) is 6.07 Å². The number of aryl methyl sites for hydroxylation is 2. The molecule has 96 valence electrons. The van der Waals surface area contributed by atoms with Crippen molar-refractivity contribution in [3.8, 4) is 17.1 Å². The number of anilines is 1. The summed E-state index contributed by atoms with van der Waals surface area (Å²) in [5, 5.41) is 7.07. The van der Waals surface area contributed by atoms with Gasteiger partial charge in [-0.15, -0.1) is 0 Å². The minimum atomic E-state index is 0.0405. The van der Waals surface area contributed by atoms with Gasteiger partial charge in [-0.25, -0.2) is 4.98 Å². The van der Waals surface area contributed by atoms with Crippen LogP contribution in [-0.2, 0) is 0 Å². The van der Waals surface area contributed by atoms with Crippen molar-refractivity contribution in [3.63, 3.8) is 0 Å². The summed E-state index contributed by atoms with van der Waals surface area (Å²) in [5.41, 5.74) is 9.20. The first-order valence-corrected chi connectivity index (χ1v) is 5.80. The Labute approximate surface area is 106 Å². The third-order valence-corrected chi connectivity index (χ3v) is 2.46. The fourth-order valence-electron chi connectivity index (χ4n) is 1.80. The first-order chi connectivity index (χ1) is 8.47. The highest BCUT2D eigenvalue weighted by Gasteiger charge is 2.13. The van der Waals surface area contributed by atoms with Gasteiger partial charge in [0.05, 0.1) is 17.5 Å². The van der Waals surface area contributed by atoms with Crippen molar-refractivity contribution in [2.45, 2.75) is 33.8 Å². The normalized spacial score (nSPS) is 10.9. The maximum atomic E-state index is 5.71. The molecule has 0 saturated heterocycles. The smallest absolute Gasteiger partial charge is 0.223 e. The monoisotopic (exact) mass is 247 g/mol. The van der Waals surface area contributed by atoms with Crippen LogP contribution in [0.25, 0.3) is 11.3 Å². The molecule has 0 aliphatic rings. The number of aromatic amines is 1. The number of nitrogen functional groups attached to an aromatic ring is 1. The minimum absolute atomic E-state index is 0.0405. The van der Waals surface area contributed by atoms with Crippen LogP contribution in [0.5, 0.6) is 5.88 Å². The molecule has 0 unspecified atom stereocenters. The second-order valence-electron chi connectivity index (χ2n) is 4.43. The van der Waals surface area contributed by atoms with Crippen molar-refractivity contribution in [2.24, 2.45) is 0 Å². The zero-order valence-electron chi connectivity index (χ0n) is 11.0. The maximum absolute atomic E-state index is 5.71. The number of hydrogen-bond donors (Lipinski definition) is 2. The number of H-pyrrole nitrogens is 1. The van der Waals surface area contributed by atoms with Gasteiger partial charge in [-0.3, -0.25) is 5.10 Å². The van der Waals surface area contributed by atoms with Crippen molar-refractivity contribution < 1.29 is 4.74 Å². The summed E-state index contributed by atoms with van der Waals surface area (Å²) in [7, 11) is 0. The molecule has 18 heavy (non-hydrogen) atoms. The van der Waals surface area contributed by atoms with Crippen LogP contribution in [-0.4, -0.2) is 26.3 Å². The number of nitrogens with zero attached hydrogens (tertiary/aromatic N) is 3. The average Bonchev–Trinajstić information content (AvgIpc) is 2.56. The first kappa shape index (κ1) is 12.3. The summed E-state index contributed by atoms with van der Waals surface area (Å²) >= 11 is 0. The van der Waals surface area contributed by atoms with Crippen LogP contribution in [0.2, 0.25) is 0 Å². The Kier molecular flexibility index (Phi) is 3.18. The predicted molar refractivity (Wildman–Crippen MR) is 69.3 cm³/mol. The molecule has 0 fully saturated rings. The Morgan fingerprint density at radius 2 is 2.00 bits per heavy atom. The number of hydrogen-bond acceptors (Lipinski definition) is 5. The van der Waals surface area contributed by atoms with E-state index >= 15 is 0 Å². The third kappa shape index (κ3) is 2.42. The van der Waals surface area contributed by atoms with Gasteiger partial charge in [-0.05, 0) is 27.7 Å². The molecule has 3 N–H and O–H groups in total. The van der Waals surface area contributed by atoms with E-state index < -0.39 is 0 Å². The third-order valence-electron chi connectivity index (χ3n) is 2.46. The zero-order valence-corrected chi connectivity index (χ0v) is 11.0. The van der Waals surface area contributed by atoms with Crippen molar-refractivity contribution in [1.29, 1.82) is 0 Å². The van der Waals surface area contributed by atoms with Crippen molar-refractivity contribution in [1.82, 2.24) is 20.2 Å². The summed E-state index contributed by atoms with van der Waals surface area (Å²) in [6, 6.07) is 1.78. The molecule has 2 heterocycles. The van der Waals surface area contributed by atoms with E-state index in [0.717, 1.165) is 22.6 Å². The van der Waals surface area contributed by atoms with Gasteiger partial charge in [-0.2, -0.15) is 10.1 Å². The van der Waals surface area contributed by atoms with Crippen LogP contribution in [0.3, 0.4) is 0 Å². The molecular weight excluding hydrogens is 230 g/mol. The molecule has 2 aromatic rings. The Hall–Kier alpha value is -2.11. The second kappa shape index (κ2) is 4.64. The van der Waals surface area contributed by atoms with Crippen LogP contribution in [0.4, 0.5) is 5.95 Å².